The van der Waals surface area contributed by atoms with Gasteiger partial charge < -0.3 is 77.2 Å². The molecule has 206 valence electrons. The zero-order valence-electron chi connectivity index (χ0n) is 19.3. The lowest BCUT2D eigenvalue weighted by atomic mass is 9.86. The van der Waals surface area contributed by atoms with Crippen LogP contribution in [0.4, 0.5) is 0 Å². The molecule has 1 saturated carbocycles. The molecule has 15 heteroatoms. The van der Waals surface area contributed by atoms with Gasteiger partial charge in [-0.05, 0) is 12.8 Å². The number of ether oxygens (including phenoxy) is 4. The molecule has 0 amide bonds. The Morgan fingerprint density at radius 2 is 1.49 bits per heavy atom. The first-order valence-electron chi connectivity index (χ1n) is 11.8. The van der Waals surface area contributed by atoms with Crippen LogP contribution in [0.2, 0.25) is 0 Å². The first kappa shape index (κ1) is 29.0. The molecule has 3 aliphatic rings. The number of nitrogens with one attached hydrogen (secondary N) is 1. The molecule has 2 saturated heterocycles. The van der Waals surface area contributed by atoms with Crippen molar-refractivity contribution in [2.75, 3.05) is 26.4 Å². The topological polar surface area (TPSA) is 269 Å². The molecule has 0 spiro atoms. The monoisotopic (exact) mass is 512 g/mol. The maximum absolute atomic E-state index is 10.9. The smallest absolute Gasteiger partial charge is 0.187 e. The van der Waals surface area contributed by atoms with Crippen LogP contribution in [0.3, 0.4) is 0 Å². The van der Waals surface area contributed by atoms with Crippen LogP contribution < -0.4 is 22.5 Å². The molecular weight excluding hydrogens is 472 g/mol. The van der Waals surface area contributed by atoms with Crippen molar-refractivity contribution >= 4 is 0 Å². The Bertz CT molecular complexity index is 648. The molecule has 1 aliphatic carbocycles. The summed E-state index contributed by atoms with van der Waals surface area (Å²) in [4.78, 5) is 0. The van der Waals surface area contributed by atoms with Crippen molar-refractivity contribution in [3.8, 4) is 0 Å². The van der Waals surface area contributed by atoms with E-state index in [-0.39, 0.29) is 32.2 Å². The van der Waals surface area contributed by atoms with Gasteiger partial charge in [0.05, 0.1) is 44.1 Å². The molecule has 3 rings (SSSR count). The molecule has 2 aliphatic heterocycles. The van der Waals surface area contributed by atoms with Crippen LogP contribution in [0.15, 0.2) is 0 Å². The second kappa shape index (κ2) is 12.8. The lowest BCUT2D eigenvalue weighted by molar-refractivity contribution is -0.280. The van der Waals surface area contributed by atoms with Crippen LogP contribution in [0, 0.1) is 0 Å². The Morgan fingerprint density at radius 1 is 0.829 bits per heavy atom. The third-order valence-corrected chi connectivity index (χ3v) is 6.83. The average Bonchev–Trinajstić information content (AvgIpc) is 3.14. The molecular formula is C20H40N4O11. The van der Waals surface area contributed by atoms with Gasteiger partial charge in [-0.25, -0.2) is 0 Å². The van der Waals surface area contributed by atoms with Gasteiger partial charge >= 0.3 is 0 Å². The maximum atomic E-state index is 10.9. The van der Waals surface area contributed by atoms with Crippen LogP contribution in [0.25, 0.3) is 0 Å². The number of hydrogen-bond donors (Lipinski definition) is 11. The Kier molecular flexibility index (Phi) is 10.6. The molecule has 0 bridgehead atoms. The second-order valence-corrected chi connectivity index (χ2v) is 9.39. The Balaban J connectivity index is 1.66. The van der Waals surface area contributed by atoms with Crippen molar-refractivity contribution in [1.29, 1.82) is 0 Å². The summed E-state index contributed by atoms with van der Waals surface area (Å²) in [7, 11) is 0. The second-order valence-electron chi connectivity index (χ2n) is 9.39. The summed E-state index contributed by atoms with van der Waals surface area (Å²) in [5.74, 6) is 0. The molecule has 13 atom stereocenters. The van der Waals surface area contributed by atoms with Crippen LogP contribution >= 0.6 is 0 Å². The highest BCUT2D eigenvalue weighted by Gasteiger charge is 2.51. The normalized spacial score (nSPS) is 46.9. The minimum atomic E-state index is -1.44. The molecule has 0 aromatic carbocycles. The van der Waals surface area contributed by atoms with Gasteiger partial charge in [0.25, 0.3) is 0 Å². The van der Waals surface area contributed by atoms with Crippen molar-refractivity contribution < 1.29 is 54.7 Å². The fraction of sp³-hybridized carbons (Fsp3) is 1.00. The van der Waals surface area contributed by atoms with E-state index >= 15 is 0 Å². The molecule has 35 heavy (non-hydrogen) atoms. The number of hydrogen-bond acceptors (Lipinski definition) is 15. The van der Waals surface area contributed by atoms with Gasteiger partial charge in [-0.2, -0.15) is 0 Å². The van der Waals surface area contributed by atoms with E-state index in [1.807, 2.05) is 0 Å². The third-order valence-electron chi connectivity index (χ3n) is 6.83. The van der Waals surface area contributed by atoms with E-state index in [1.54, 1.807) is 0 Å². The Morgan fingerprint density at radius 3 is 2.09 bits per heavy atom. The quantitative estimate of drug-likeness (QED) is 0.130. The van der Waals surface area contributed by atoms with E-state index in [0.29, 0.717) is 6.42 Å². The van der Waals surface area contributed by atoms with Gasteiger partial charge in [0.2, 0.25) is 0 Å². The van der Waals surface area contributed by atoms with Crippen LogP contribution in [0.1, 0.15) is 12.8 Å². The molecule has 2 heterocycles. The summed E-state index contributed by atoms with van der Waals surface area (Å²) in [6.45, 7) is -1.36. The molecule has 0 aromatic rings. The molecule has 15 nitrogen and oxygen atoms in total. The predicted octanol–water partition coefficient (Wildman–Crippen LogP) is -6.64. The molecule has 3 fully saturated rings. The van der Waals surface area contributed by atoms with Gasteiger partial charge in [0, 0.05) is 18.6 Å². The largest absolute Gasteiger partial charge is 0.395 e. The van der Waals surface area contributed by atoms with Gasteiger partial charge in [0.1, 0.15) is 36.6 Å². The minimum absolute atomic E-state index is 0.119. The third kappa shape index (κ3) is 6.46. The highest BCUT2D eigenvalue weighted by molar-refractivity contribution is 4.97. The van der Waals surface area contributed by atoms with Crippen molar-refractivity contribution in [2.45, 2.75) is 98.4 Å². The fourth-order valence-electron chi connectivity index (χ4n) is 4.76. The molecule has 0 aromatic heterocycles. The fourth-order valence-corrected chi connectivity index (χ4v) is 4.76. The van der Waals surface area contributed by atoms with E-state index in [4.69, 9.17) is 36.1 Å². The van der Waals surface area contributed by atoms with Crippen molar-refractivity contribution in [2.24, 2.45) is 17.2 Å². The molecule has 0 radical (unpaired) electrons. The minimum Gasteiger partial charge on any atom is -0.395 e. The van der Waals surface area contributed by atoms with Gasteiger partial charge in [0.15, 0.2) is 12.6 Å². The SMILES string of the molecule is NC[C@@H]1O[C@H](O[C@H]2[C@@H](O)[C@H](O[C@H]3C[C@@H](N)C[C@@H](NC(CO)CO)[C@@H]3O)O[C@@H]2CO)[C@H](N)[C@@H](O)[C@@H]1O. The standard InChI is InChI=1S/C20H40N4O11/c21-3-11-15(29)16(30)13(23)19(33-11)35-18-12(6-27)34-20(17(18)31)32-10-2-7(22)1-9(14(10)28)24-8(4-25)5-26/h7-20,24-31H,1-6,21-23H2/t7-,9+,10-,11-,12+,13+,14-,15+,16+,17+,18+,19+,20+/m0/s1. The van der Waals surface area contributed by atoms with Crippen LogP contribution in [-0.4, -0.2) is 148 Å². The van der Waals surface area contributed by atoms with Crippen molar-refractivity contribution in [1.82, 2.24) is 5.32 Å². The van der Waals surface area contributed by atoms with Crippen molar-refractivity contribution in [3.05, 3.63) is 0 Å². The lowest BCUT2D eigenvalue weighted by Gasteiger charge is -2.42. The summed E-state index contributed by atoms with van der Waals surface area (Å²) < 4.78 is 22.8. The summed E-state index contributed by atoms with van der Waals surface area (Å²) in [6.07, 6.45) is -11.3. The lowest BCUT2D eigenvalue weighted by Crippen LogP contribution is -2.64. The summed E-state index contributed by atoms with van der Waals surface area (Å²) >= 11 is 0. The highest BCUT2D eigenvalue weighted by atomic mass is 16.7. The van der Waals surface area contributed by atoms with Crippen LogP contribution in [-0.2, 0) is 18.9 Å². The van der Waals surface area contributed by atoms with Crippen LogP contribution in [0.5, 0.6) is 0 Å². The van der Waals surface area contributed by atoms with Gasteiger partial charge in [-0.3, -0.25) is 0 Å². The summed E-state index contributed by atoms with van der Waals surface area (Å²) in [6, 6.07) is -2.80. The summed E-state index contributed by atoms with van der Waals surface area (Å²) in [5, 5.41) is 73.3. The van der Waals surface area contributed by atoms with Gasteiger partial charge in [-0.1, -0.05) is 0 Å². The van der Waals surface area contributed by atoms with E-state index in [1.165, 1.54) is 0 Å². The van der Waals surface area contributed by atoms with Crippen molar-refractivity contribution in [3.63, 3.8) is 0 Å². The van der Waals surface area contributed by atoms with Gasteiger partial charge in [-0.15, -0.1) is 0 Å². The number of nitrogens with two attached hydrogens (primary N) is 3. The Hall–Kier alpha value is -0.600. The molecule has 14 N–H and O–H groups in total. The maximum Gasteiger partial charge on any atom is 0.187 e. The molecule has 0 unspecified atom stereocenters. The first-order valence-corrected chi connectivity index (χ1v) is 11.8. The van der Waals surface area contributed by atoms with E-state index in [9.17, 15) is 35.7 Å². The average molecular weight is 513 g/mol. The number of aliphatic hydroxyl groups is 7. The first-order chi connectivity index (χ1) is 16.6. The summed E-state index contributed by atoms with van der Waals surface area (Å²) in [5.41, 5.74) is 17.6. The number of rotatable bonds is 10. The Labute approximate surface area is 202 Å². The highest BCUT2D eigenvalue weighted by Crippen LogP contribution is 2.32. The number of aliphatic hydroxyl groups excluding tert-OH is 7. The van der Waals surface area contributed by atoms with E-state index in [2.05, 4.69) is 5.32 Å². The zero-order valence-corrected chi connectivity index (χ0v) is 19.3. The van der Waals surface area contributed by atoms with E-state index in [0.717, 1.165) is 0 Å². The van der Waals surface area contributed by atoms with E-state index < -0.39 is 86.1 Å². The zero-order chi connectivity index (χ0) is 25.9. The predicted molar refractivity (Wildman–Crippen MR) is 117 cm³/mol.